The molecule has 0 heterocycles. The Morgan fingerprint density at radius 1 is 1.19 bits per heavy atom. The number of carbonyl (C=O) groups is 1. The van der Waals surface area contributed by atoms with Crippen molar-refractivity contribution >= 4 is 29.1 Å². The molecule has 2 atom stereocenters. The fraction of sp³-hybridized carbons (Fsp3) is 0.350. The summed E-state index contributed by atoms with van der Waals surface area (Å²) in [5, 5.41) is 13.6. The predicted octanol–water partition coefficient (Wildman–Crippen LogP) is 3.54. The summed E-state index contributed by atoms with van der Waals surface area (Å²) < 4.78 is 5.50. The van der Waals surface area contributed by atoms with Gasteiger partial charge < -0.3 is 15.2 Å². The highest BCUT2D eigenvalue weighted by atomic mass is 35.5. The van der Waals surface area contributed by atoms with Gasteiger partial charge in [-0.1, -0.05) is 66.5 Å². The van der Waals surface area contributed by atoms with Crippen LogP contribution in [-0.2, 0) is 4.79 Å². The Labute approximate surface area is 169 Å². The fourth-order valence-corrected chi connectivity index (χ4v) is 2.93. The van der Waals surface area contributed by atoms with Crippen LogP contribution in [0.5, 0.6) is 5.75 Å². The van der Waals surface area contributed by atoms with Crippen LogP contribution in [0, 0.1) is 0 Å². The van der Waals surface area contributed by atoms with E-state index in [0.29, 0.717) is 22.3 Å². The number of aliphatic hydroxyl groups excluding tert-OH is 1. The molecule has 146 valence electrons. The maximum atomic E-state index is 12.7. The number of likely N-dealkylation sites (N-methyl/N-ethyl adjacent to an activating group) is 1. The van der Waals surface area contributed by atoms with Crippen LogP contribution in [0.4, 0.5) is 0 Å². The third-order valence-electron chi connectivity index (χ3n) is 4.16. The van der Waals surface area contributed by atoms with Crippen molar-refractivity contribution in [2.24, 2.45) is 0 Å². The molecule has 2 unspecified atom stereocenters. The highest BCUT2D eigenvalue weighted by Crippen LogP contribution is 2.31. The number of hydrogen-bond donors (Lipinski definition) is 2. The molecule has 2 aromatic rings. The van der Waals surface area contributed by atoms with Crippen molar-refractivity contribution < 1.29 is 14.6 Å². The lowest BCUT2D eigenvalue weighted by molar-refractivity contribution is -0.126. The van der Waals surface area contributed by atoms with E-state index in [9.17, 15) is 9.90 Å². The van der Waals surface area contributed by atoms with Gasteiger partial charge in [-0.05, 0) is 31.3 Å². The molecule has 0 fully saturated rings. The first kappa shape index (κ1) is 21.5. The van der Waals surface area contributed by atoms with Crippen LogP contribution in [0.2, 0.25) is 10.0 Å². The molecule has 1 amide bonds. The Morgan fingerprint density at radius 2 is 1.89 bits per heavy atom. The monoisotopic (exact) mass is 410 g/mol. The lowest BCUT2D eigenvalue weighted by Gasteiger charge is -2.26. The number of hydrogen-bond acceptors (Lipinski definition) is 4. The number of benzene rings is 2. The standard InChI is InChI=1S/C20H24Cl2N2O3/c1-3-24(2)19(14-8-5-4-6-9-14)20(26)23-12-15(25)13-27-17-11-7-10-16(21)18(17)22/h4-11,15,19,25H,3,12-13H2,1-2H3,(H,23,26). The summed E-state index contributed by atoms with van der Waals surface area (Å²) in [6, 6.07) is 14.1. The zero-order chi connectivity index (χ0) is 19.8. The predicted molar refractivity (Wildman–Crippen MR) is 108 cm³/mol. The largest absolute Gasteiger partial charge is 0.489 e. The Balaban J connectivity index is 1.91. The summed E-state index contributed by atoms with van der Waals surface area (Å²) >= 11 is 12.0. The van der Waals surface area contributed by atoms with E-state index in [2.05, 4.69) is 5.32 Å². The summed E-state index contributed by atoms with van der Waals surface area (Å²) in [6.45, 7) is 2.75. The molecule has 0 spiro atoms. The maximum Gasteiger partial charge on any atom is 0.242 e. The van der Waals surface area contributed by atoms with Crippen molar-refractivity contribution in [1.82, 2.24) is 10.2 Å². The van der Waals surface area contributed by atoms with Gasteiger partial charge in [0, 0.05) is 6.54 Å². The number of carbonyl (C=O) groups excluding carboxylic acids is 1. The van der Waals surface area contributed by atoms with E-state index in [4.69, 9.17) is 27.9 Å². The van der Waals surface area contributed by atoms with E-state index in [1.165, 1.54) is 0 Å². The molecule has 0 aliphatic heterocycles. The third kappa shape index (κ3) is 6.11. The number of amides is 1. The minimum absolute atomic E-state index is 0.0139. The van der Waals surface area contributed by atoms with Crippen molar-refractivity contribution in [2.45, 2.75) is 19.1 Å². The molecule has 0 aliphatic rings. The Bertz CT molecular complexity index is 743. The molecule has 0 radical (unpaired) electrons. The summed E-state index contributed by atoms with van der Waals surface area (Å²) in [5.41, 5.74) is 0.899. The number of rotatable bonds is 9. The van der Waals surface area contributed by atoms with E-state index >= 15 is 0 Å². The first-order valence-corrected chi connectivity index (χ1v) is 9.47. The first-order valence-electron chi connectivity index (χ1n) is 8.71. The SMILES string of the molecule is CCN(C)C(C(=O)NCC(O)COc1cccc(Cl)c1Cl)c1ccccc1. The van der Waals surface area contributed by atoms with Crippen molar-refractivity contribution in [3.63, 3.8) is 0 Å². The summed E-state index contributed by atoms with van der Waals surface area (Å²) in [4.78, 5) is 14.6. The zero-order valence-electron chi connectivity index (χ0n) is 15.4. The first-order chi connectivity index (χ1) is 12.9. The molecule has 0 saturated heterocycles. The maximum absolute atomic E-state index is 12.7. The normalized spacial score (nSPS) is 13.3. The minimum Gasteiger partial charge on any atom is -0.489 e. The van der Waals surface area contributed by atoms with Gasteiger partial charge in [-0.3, -0.25) is 9.69 Å². The van der Waals surface area contributed by atoms with Crippen molar-refractivity contribution in [3.05, 3.63) is 64.1 Å². The van der Waals surface area contributed by atoms with Gasteiger partial charge in [0.15, 0.2) is 0 Å². The van der Waals surface area contributed by atoms with Crippen LogP contribution >= 0.6 is 23.2 Å². The number of nitrogens with one attached hydrogen (secondary N) is 1. The molecule has 2 rings (SSSR count). The van der Waals surface area contributed by atoms with E-state index in [1.54, 1.807) is 18.2 Å². The van der Waals surface area contributed by atoms with E-state index in [1.807, 2.05) is 49.2 Å². The summed E-state index contributed by atoms with van der Waals surface area (Å²) in [6.07, 6.45) is -0.882. The average Bonchev–Trinajstić information content (AvgIpc) is 2.68. The molecule has 0 saturated carbocycles. The summed E-state index contributed by atoms with van der Waals surface area (Å²) in [5.74, 6) is 0.216. The number of nitrogens with zero attached hydrogens (tertiary/aromatic N) is 1. The Hall–Kier alpha value is -1.79. The number of aliphatic hydroxyl groups is 1. The van der Waals surface area contributed by atoms with Crippen LogP contribution in [-0.4, -0.2) is 48.8 Å². The van der Waals surface area contributed by atoms with Crippen molar-refractivity contribution in [2.75, 3.05) is 26.7 Å². The molecule has 5 nitrogen and oxygen atoms in total. The molecule has 2 aromatic carbocycles. The van der Waals surface area contributed by atoms with E-state index in [0.717, 1.165) is 5.56 Å². The number of ether oxygens (including phenoxy) is 1. The average molecular weight is 411 g/mol. The Morgan fingerprint density at radius 3 is 2.56 bits per heavy atom. The van der Waals surface area contributed by atoms with Gasteiger partial charge in [-0.15, -0.1) is 0 Å². The fourth-order valence-electron chi connectivity index (χ4n) is 2.58. The van der Waals surface area contributed by atoms with Crippen LogP contribution in [0.25, 0.3) is 0 Å². The number of halogens is 2. The van der Waals surface area contributed by atoms with Gasteiger partial charge in [0.05, 0.1) is 5.02 Å². The molecule has 7 heteroatoms. The topological polar surface area (TPSA) is 61.8 Å². The second-order valence-electron chi connectivity index (χ2n) is 6.15. The second kappa shape index (κ2) is 10.5. The van der Waals surface area contributed by atoms with Crippen LogP contribution in [0.3, 0.4) is 0 Å². The van der Waals surface area contributed by atoms with Gasteiger partial charge >= 0.3 is 0 Å². The molecule has 2 N–H and O–H groups in total. The molecule has 0 aliphatic carbocycles. The third-order valence-corrected chi connectivity index (χ3v) is 4.96. The Kier molecular flexibility index (Phi) is 8.38. The lowest BCUT2D eigenvalue weighted by atomic mass is 10.0. The molecule has 27 heavy (non-hydrogen) atoms. The lowest BCUT2D eigenvalue weighted by Crippen LogP contribution is -2.42. The van der Waals surface area contributed by atoms with Gasteiger partial charge in [-0.25, -0.2) is 0 Å². The molecule has 0 bridgehead atoms. The van der Waals surface area contributed by atoms with E-state index in [-0.39, 0.29) is 19.1 Å². The second-order valence-corrected chi connectivity index (χ2v) is 6.93. The molecule has 0 aromatic heterocycles. The van der Waals surface area contributed by atoms with Gasteiger partial charge in [0.1, 0.15) is 29.5 Å². The van der Waals surface area contributed by atoms with Gasteiger partial charge in [0.2, 0.25) is 5.91 Å². The molecular weight excluding hydrogens is 387 g/mol. The van der Waals surface area contributed by atoms with Crippen LogP contribution in [0.15, 0.2) is 48.5 Å². The summed E-state index contributed by atoms with van der Waals surface area (Å²) in [7, 11) is 1.89. The minimum atomic E-state index is -0.882. The quantitative estimate of drug-likeness (QED) is 0.663. The highest BCUT2D eigenvalue weighted by Gasteiger charge is 2.24. The van der Waals surface area contributed by atoms with Gasteiger partial charge in [-0.2, -0.15) is 0 Å². The van der Waals surface area contributed by atoms with Crippen LogP contribution in [0.1, 0.15) is 18.5 Å². The van der Waals surface area contributed by atoms with Gasteiger partial charge in [0.25, 0.3) is 0 Å². The highest BCUT2D eigenvalue weighted by molar-refractivity contribution is 6.42. The molecular formula is C20H24Cl2N2O3. The zero-order valence-corrected chi connectivity index (χ0v) is 16.9. The van der Waals surface area contributed by atoms with Crippen molar-refractivity contribution in [3.8, 4) is 5.75 Å². The van der Waals surface area contributed by atoms with Crippen molar-refractivity contribution in [1.29, 1.82) is 0 Å². The van der Waals surface area contributed by atoms with E-state index < -0.39 is 12.1 Å². The van der Waals surface area contributed by atoms with Crippen LogP contribution < -0.4 is 10.1 Å². The smallest absolute Gasteiger partial charge is 0.242 e.